The van der Waals surface area contributed by atoms with Gasteiger partial charge in [-0.25, -0.2) is 0 Å². The molecule has 0 saturated carbocycles. The summed E-state index contributed by atoms with van der Waals surface area (Å²) in [7, 11) is 0. The Hall–Kier alpha value is -1.26. The van der Waals surface area contributed by atoms with Crippen LogP contribution in [0.3, 0.4) is 0 Å². The lowest BCUT2D eigenvalue weighted by molar-refractivity contribution is -0.123. The third-order valence-electron chi connectivity index (χ3n) is 4.38. The number of ether oxygens (including phenoxy) is 1. The number of nitrogens with one attached hydrogen (secondary N) is 1. The molecule has 1 unspecified atom stereocenters. The molecule has 4 nitrogen and oxygen atoms in total. The lowest BCUT2D eigenvalue weighted by atomic mass is 10.0. The molecule has 2 rings (SSSR count). The predicted molar refractivity (Wildman–Crippen MR) is 94.2 cm³/mol. The first-order chi connectivity index (χ1) is 11.1. The monoisotopic (exact) mass is 338 g/mol. The maximum Gasteiger partial charge on any atom is 0.257 e. The van der Waals surface area contributed by atoms with Crippen molar-refractivity contribution in [3.8, 4) is 5.75 Å². The Bertz CT molecular complexity index is 522. The minimum absolute atomic E-state index is 0.0428. The summed E-state index contributed by atoms with van der Waals surface area (Å²) < 4.78 is 5.49. The van der Waals surface area contributed by atoms with Crippen LogP contribution in [-0.4, -0.2) is 43.1 Å². The van der Waals surface area contributed by atoms with Gasteiger partial charge in [0.2, 0.25) is 0 Å². The van der Waals surface area contributed by atoms with Gasteiger partial charge in [0.25, 0.3) is 5.91 Å². The van der Waals surface area contributed by atoms with Crippen molar-refractivity contribution in [1.29, 1.82) is 0 Å². The van der Waals surface area contributed by atoms with Gasteiger partial charge in [0, 0.05) is 24.2 Å². The molecule has 1 saturated heterocycles. The van der Waals surface area contributed by atoms with Crippen LogP contribution < -0.4 is 10.1 Å². The second-order valence-corrected chi connectivity index (χ2v) is 6.69. The topological polar surface area (TPSA) is 41.6 Å². The normalized spacial score (nSPS) is 18.7. The maximum atomic E-state index is 11.8. The number of nitrogens with zero attached hydrogens (tertiary/aromatic N) is 1. The Kier molecular flexibility index (Phi) is 7.18. The van der Waals surface area contributed by atoms with E-state index in [1.807, 2.05) is 13.0 Å². The lowest BCUT2D eigenvalue weighted by Crippen LogP contribution is -2.39. The fourth-order valence-electron chi connectivity index (χ4n) is 2.91. The minimum Gasteiger partial charge on any atom is -0.484 e. The number of hydrogen-bond acceptors (Lipinski definition) is 3. The largest absolute Gasteiger partial charge is 0.484 e. The Balaban J connectivity index is 1.60. The summed E-state index contributed by atoms with van der Waals surface area (Å²) in [5.41, 5.74) is 0.945. The summed E-state index contributed by atoms with van der Waals surface area (Å²) in [6, 6.07) is 6.08. The van der Waals surface area contributed by atoms with Gasteiger partial charge >= 0.3 is 0 Å². The van der Waals surface area contributed by atoms with E-state index in [9.17, 15) is 4.79 Å². The number of halogens is 1. The SMILES string of the molecule is Cc1cc(OCC(=O)NCCCN2CCCCC2C)ccc1Cl. The van der Waals surface area contributed by atoms with Gasteiger partial charge in [-0.3, -0.25) is 4.79 Å². The second-order valence-electron chi connectivity index (χ2n) is 6.28. The molecule has 1 amide bonds. The Labute approximate surface area is 144 Å². The van der Waals surface area contributed by atoms with Crippen molar-refractivity contribution in [1.82, 2.24) is 10.2 Å². The summed E-state index contributed by atoms with van der Waals surface area (Å²) >= 11 is 5.96. The molecule has 23 heavy (non-hydrogen) atoms. The summed E-state index contributed by atoms with van der Waals surface area (Å²) in [4.78, 5) is 14.3. The standard InChI is InChI=1S/C18H27ClN2O2/c1-14-12-16(7-8-17(14)19)23-13-18(22)20-9-5-11-21-10-4-3-6-15(21)2/h7-8,12,15H,3-6,9-11,13H2,1-2H3,(H,20,22). The second kappa shape index (κ2) is 9.14. The van der Waals surface area contributed by atoms with Gasteiger partial charge in [0.1, 0.15) is 5.75 Å². The zero-order valence-electron chi connectivity index (χ0n) is 14.1. The molecule has 0 aromatic heterocycles. The summed E-state index contributed by atoms with van der Waals surface area (Å²) in [5.74, 6) is 0.591. The van der Waals surface area contributed by atoms with E-state index < -0.39 is 0 Å². The summed E-state index contributed by atoms with van der Waals surface area (Å²) in [6.45, 7) is 7.19. The number of amides is 1. The van der Waals surface area contributed by atoms with Crippen molar-refractivity contribution in [3.63, 3.8) is 0 Å². The van der Waals surface area contributed by atoms with Crippen LogP contribution >= 0.6 is 11.6 Å². The first kappa shape index (κ1) is 18.1. The van der Waals surface area contributed by atoms with E-state index >= 15 is 0 Å². The van der Waals surface area contributed by atoms with Crippen LogP contribution in [0.2, 0.25) is 5.02 Å². The molecule has 0 aliphatic carbocycles. The molecule has 0 bridgehead atoms. The van der Waals surface area contributed by atoms with Crippen LogP contribution in [0.15, 0.2) is 18.2 Å². The van der Waals surface area contributed by atoms with Gasteiger partial charge in [0.05, 0.1) is 0 Å². The maximum absolute atomic E-state index is 11.8. The molecule has 1 aromatic carbocycles. The third-order valence-corrected chi connectivity index (χ3v) is 4.81. The Morgan fingerprint density at radius 3 is 3.00 bits per heavy atom. The quantitative estimate of drug-likeness (QED) is 0.775. The fourth-order valence-corrected chi connectivity index (χ4v) is 3.02. The van der Waals surface area contributed by atoms with Gasteiger partial charge in [-0.2, -0.15) is 0 Å². The first-order valence-corrected chi connectivity index (χ1v) is 8.84. The highest BCUT2D eigenvalue weighted by Gasteiger charge is 2.17. The Morgan fingerprint density at radius 1 is 1.43 bits per heavy atom. The summed E-state index contributed by atoms with van der Waals surface area (Å²) in [6.07, 6.45) is 4.91. The van der Waals surface area contributed by atoms with E-state index in [0.29, 0.717) is 23.4 Å². The molecule has 1 aliphatic heterocycles. The van der Waals surface area contributed by atoms with E-state index in [0.717, 1.165) is 18.5 Å². The first-order valence-electron chi connectivity index (χ1n) is 8.46. The molecule has 0 radical (unpaired) electrons. The van der Waals surface area contributed by atoms with E-state index in [-0.39, 0.29) is 12.5 Å². The van der Waals surface area contributed by atoms with Crippen LogP contribution in [0.5, 0.6) is 5.75 Å². The van der Waals surface area contributed by atoms with Crippen LogP contribution in [0.25, 0.3) is 0 Å². The van der Waals surface area contributed by atoms with E-state index in [2.05, 4.69) is 17.1 Å². The lowest BCUT2D eigenvalue weighted by Gasteiger charge is -2.33. The number of benzene rings is 1. The van der Waals surface area contributed by atoms with Crippen molar-refractivity contribution in [2.45, 2.75) is 45.6 Å². The molecule has 0 spiro atoms. The molecule has 1 atom stereocenters. The fraction of sp³-hybridized carbons (Fsp3) is 0.611. The average molecular weight is 339 g/mol. The zero-order valence-corrected chi connectivity index (χ0v) is 14.9. The van der Waals surface area contributed by atoms with Gasteiger partial charge in [-0.05, 0) is 63.4 Å². The van der Waals surface area contributed by atoms with Crippen molar-refractivity contribution in [3.05, 3.63) is 28.8 Å². The number of aryl methyl sites for hydroxylation is 1. The van der Waals surface area contributed by atoms with Gasteiger partial charge in [-0.1, -0.05) is 18.0 Å². The van der Waals surface area contributed by atoms with Crippen LogP contribution in [0.1, 0.15) is 38.2 Å². The number of rotatable bonds is 7. The number of carbonyl (C=O) groups excluding carboxylic acids is 1. The highest BCUT2D eigenvalue weighted by Crippen LogP contribution is 2.20. The summed E-state index contributed by atoms with van der Waals surface area (Å²) in [5, 5.41) is 3.62. The average Bonchev–Trinajstić information content (AvgIpc) is 2.54. The van der Waals surface area contributed by atoms with E-state index in [4.69, 9.17) is 16.3 Å². The number of likely N-dealkylation sites (tertiary alicyclic amines) is 1. The molecule has 1 heterocycles. The minimum atomic E-state index is -0.0794. The molecule has 1 fully saturated rings. The van der Waals surface area contributed by atoms with Gasteiger partial charge in [0.15, 0.2) is 6.61 Å². The Morgan fingerprint density at radius 2 is 2.26 bits per heavy atom. The van der Waals surface area contributed by atoms with E-state index in [1.54, 1.807) is 12.1 Å². The highest BCUT2D eigenvalue weighted by atomic mass is 35.5. The zero-order chi connectivity index (χ0) is 16.7. The predicted octanol–water partition coefficient (Wildman–Crippen LogP) is 3.41. The van der Waals surface area contributed by atoms with Crippen molar-refractivity contribution in [2.75, 3.05) is 26.2 Å². The van der Waals surface area contributed by atoms with Crippen LogP contribution in [-0.2, 0) is 4.79 Å². The van der Waals surface area contributed by atoms with Crippen LogP contribution in [0, 0.1) is 6.92 Å². The van der Waals surface area contributed by atoms with E-state index in [1.165, 1.54) is 25.8 Å². The molecule has 1 N–H and O–H groups in total. The van der Waals surface area contributed by atoms with Crippen molar-refractivity contribution < 1.29 is 9.53 Å². The molecule has 1 aromatic rings. The molecular formula is C18H27ClN2O2. The number of hydrogen-bond donors (Lipinski definition) is 1. The smallest absolute Gasteiger partial charge is 0.257 e. The van der Waals surface area contributed by atoms with Gasteiger partial charge in [-0.15, -0.1) is 0 Å². The van der Waals surface area contributed by atoms with Crippen LogP contribution in [0.4, 0.5) is 0 Å². The van der Waals surface area contributed by atoms with Gasteiger partial charge < -0.3 is 15.0 Å². The molecular weight excluding hydrogens is 312 g/mol. The molecule has 5 heteroatoms. The molecule has 128 valence electrons. The highest BCUT2D eigenvalue weighted by molar-refractivity contribution is 6.31. The third kappa shape index (κ3) is 6.04. The number of piperidine rings is 1. The molecule has 1 aliphatic rings. The van der Waals surface area contributed by atoms with Crippen molar-refractivity contribution in [2.24, 2.45) is 0 Å². The van der Waals surface area contributed by atoms with Crippen molar-refractivity contribution >= 4 is 17.5 Å². The number of carbonyl (C=O) groups is 1.